The zero-order valence-electron chi connectivity index (χ0n) is 9.92. The average Bonchev–Trinajstić information content (AvgIpc) is 2.31. The van der Waals surface area contributed by atoms with Crippen LogP contribution in [0, 0.1) is 5.82 Å². The number of anilines is 1. The summed E-state index contributed by atoms with van der Waals surface area (Å²) in [7, 11) is 3.73. The first-order chi connectivity index (χ1) is 8.49. The van der Waals surface area contributed by atoms with Gasteiger partial charge in [0.1, 0.15) is 5.82 Å². The highest BCUT2D eigenvalue weighted by Crippen LogP contribution is 2.30. The Balaban J connectivity index is 2.52. The molecule has 0 saturated heterocycles. The molecule has 94 valence electrons. The van der Waals surface area contributed by atoms with Crippen LogP contribution in [0.1, 0.15) is 0 Å². The quantitative estimate of drug-likeness (QED) is 0.819. The molecule has 0 N–H and O–H groups in total. The third-order valence-electron chi connectivity index (χ3n) is 2.52. The van der Waals surface area contributed by atoms with Gasteiger partial charge in [-0.05, 0) is 24.3 Å². The lowest BCUT2D eigenvalue weighted by molar-refractivity contribution is 0.631. The lowest BCUT2D eigenvalue weighted by atomic mass is 10.1. The van der Waals surface area contributed by atoms with Crippen LogP contribution in [0.4, 0.5) is 10.1 Å². The molecule has 1 aromatic carbocycles. The number of benzene rings is 1. The zero-order valence-corrected chi connectivity index (χ0v) is 11.4. The standard InChI is InChI=1S/C13H11Cl2FN2/c1-18(2)13-7-17-12(6-10(13)15)9-5-8(14)3-4-11(9)16/h3-7H,1-2H3. The van der Waals surface area contributed by atoms with E-state index in [2.05, 4.69) is 4.98 Å². The molecule has 0 radical (unpaired) electrons. The molecule has 0 unspecified atom stereocenters. The molecule has 2 nitrogen and oxygen atoms in total. The van der Waals surface area contributed by atoms with Crippen LogP contribution in [0.2, 0.25) is 10.0 Å². The molecule has 1 heterocycles. The molecule has 0 saturated carbocycles. The van der Waals surface area contributed by atoms with E-state index in [-0.39, 0.29) is 5.82 Å². The maximum Gasteiger partial charge on any atom is 0.132 e. The Morgan fingerprint density at radius 3 is 2.50 bits per heavy atom. The summed E-state index contributed by atoms with van der Waals surface area (Å²) in [6.45, 7) is 0. The van der Waals surface area contributed by atoms with Gasteiger partial charge in [-0.1, -0.05) is 23.2 Å². The minimum atomic E-state index is -0.374. The van der Waals surface area contributed by atoms with Gasteiger partial charge in [-0.25, -0.2) is 4.39 Å². The molecule has 2 rings (SSSR count). The molecule has 1 aromatic heterocycles. The third-order valence-corrected chi connectivity index (χ3v) is 3.06. The van der Waals surface area contributed by atoms with Gasteiger partial charge in [0.25, 0.3) is 0 Å². The van der Waals surface area contributed by atoms with E-state index in [1.807, 2.05) is 19.0 Å². The predicted molar refractivity (Wildman–Crippen MR) is 74.0 cm³/mol. The summed E-state index contributed by atoms with van der Waals surface area (Å²) in [6.07, 6.45) is 1.61. The number of hydrogen-bond acceptors (Lipinski definition) is 2. The third kappa shape index (κ3) is 2.57. The summed E-state index contributed by atoms with van der Waals surface area (Å²) in [4.78, 5) is 6.05. The van der Waals surface area contributed by atoms with Crippen LogP contribution in [0.25, 0.3) is 11.3 Å². The van der Waals surface area contributed by atoms with Crippen LogP contribution >= 0.6 is 23.2 Å². The molecule has 18 heavy (non-hydrogen) atoms. The van der Waals surface area contributed by atoms with Gasteiger partial charge in [0.2, 0.25) is 0 Å². The normalized spacial score (nSPS) is 10.5. The second-order valence-electron chi connectivity index (χ2n) is 4.04. The highest BCUT2D eigenvalue weighted by Gasteiger charge is 2.10. The fourth-order valence-corrected chi connectivity index (χ4v) is 2.09. The predicted octanol–water partition coefficient (Wildman–Crippen LogP) is 4.26. The van der Waals surface area contributed by atoms with E-state index in [1.54, 1.807) is 12.3 Å². The van der Waals surface area contributed by atoms with Crippen LogP contribution in [0.3, 0.4) is 0 Å². The molecule has 0 bridgehead atoms. The van der Waals surface area contributed by atoms with Crippen molar-refractivity contribution in [2.45, 2.75) is 0 Å². The van der Waals surface area contributed by atoms with Gasteiger partial charge >= 0.3 is 0 Å². The summed E-state index contributed by atoms with van der Waals surface area (Å²) in [5, 5.41) is 0.977. The minimum absolute atomic E-state index is 0.342. The highest BCUT2D eigenvalue weighted by atomic mass is 35.5. The number of pyridine rings is 1. The molecule has 0 amide bonds. The first-order valence-electron chi connectivity index (χ1n) is 5.27. The number of rotatable bonds is 2. The Kier molecular flexibility index (Phi) is 3.73. The van der Waals surface area contributed by atoms with Crippen molar-refractivity contribution in [3.05, 3.63) is 46.3 Å². The zero-order chi connectivity index (χ0) is 13.3. The molecule has 0 atom stereocenters. The number of aromatic nitrogens is 1. The fourth-order valence-electron chi connectivity index (χ4n) is 1.59. The van der Waals surface area contributed by atoms with Crippen molar-refractivity contribution in [3.63, 3.8) is 0 Å². The first kappa shape index (κ1) is 13.1. The molecule has 0 aliphatic rings. The SMILES string of the molecule is CN(C)c1cnc(-c2cc(Cl)ccc2F)cc1Cl. The van der Waals surface area contributed by atoms with Gasteiger partial charge in [0, 0.05) is 24.7 Å². The molecule has 0 spiro atoms. The molecular formula is C13H11Cl2FN2. The number of halogens is 3. The molecule has 5 heteroatoms. The van der Waals surface area contributed by atoms with E-state index < -0.39 is 0 Å². The Labute approximate surface area is 115 Å². The Bertz CT molecular complexity index is 585. The van der Waals surface area contributed by atoms with Crippen molar-refractivity contribution in [3.8, 4) is 11.3 Å². The van der Waals surface area contributed by atoms with Crippen LogP contribution in [-0.2, 0) is 0 Å². The van der Waals surface area contributed by atoms with Crippen molar-refractivity contribution in [1.29, 1.82) is 0 Å². The lowest BCUT2D eigenvalue weighted by Gasteiger charge is -2.14. The molecule has 0 aliphatic heterocycles. The molecule has 2 aromatic rings. The van der Waals surface area contributed by atoms with E-state index in [9.17, 15) is 4.39 Å². The summed E-state index contributed by atoms with van der Waals surface area (Å²) >= 11 is 12.0. The maximum absolute atomic E-state index is 13.7. The number of hydrogen-bond donors (Lipinski definition) is 0. The summed E-state index contributed by atoms with van der Waals surface area (Å²) < 4.78 is 13.7. The second-order valence-corrected chi connectivity index (χ2v) is 4.88. The van der Waals surface area contributed by atoms with Gasteiger partial charge in [-0.3, -0.25) is 4.98 Å². The van der Waals surface area contributed by atoms with Crippen LogP contribution in [0.15, 0.2) is 30.5 Å². The van der Waals surface area contributed by atoms with Gasteiger partial charge in [0.15, 0.2) is 0 Å². The van der Waals surface area contributed by atoms with Crippen molar-refractivity contribution in [1.82, 2.24) is 4.98 Å². The van der Waals surface area contributed by atoms with Crippen LogP contribution in [0.5, 0.6) is 0 Å². The topological polar surface area (TPSA) is 16.1 Å². The maximum atomic E-state index is 13.7. The average molecular weight is 285 g/mol. The summed E-state index contributed by atoms with van der Waals surface area (Å²) in [5.41, 5.74) is 1.59. The van der Waals surface area contributed by atoms with E-state index in [4.69, 9.17) is 23.2 Å². The largest absolute Gasteiger partial charge is 0.375 e. The fraction of sp³-hybridized carbons (Fsp3) is 0.154. The number of nitrogens with zero attached hydrogens (tertiary/aromatic N) is 2. The van der Waals surface area contributed by atoms with Crippen molar-refractivity contribution in [2.75, 3.05) is 19.0 Å². The molecule has 0 aliphatic carbocycles. The summed E-state index contributed by atoms with van der Waals surface area (Å²) in [6, 6.07) is 5.97. The van der Waals surface area contributed by atoms with Crippen LogP contribution in [-0.4, -0.2) is 19.1 Å². The summed E-state index contributed by atoms with van der Waals surface area (Å²) in [5.74, 6) is -0.374. The lowest BCUT2D eigenvalue weighted by Crippen LogP contribution is -2.09. The smallest absolute Gasteiger partial charge is 0.132 e. The van der Waals surface area contributed by atoms with Crippen LogP contribution < -0.4 is 4.90 Å². The van der Waals surface area contributed by atoms with Gasteiger partial charge in [-0.2, -0.15) is 0 Å². The molecular weight excluding hydrogens is 274 g/mol. The van der Waals surface area contributed by atoms with Gasteiger partial charge < -0.3 is 4.90 Å². The first-order valence-corrected chi connectivity index (χ1v) is 6.03. The van der Waals surface area contributed by atoms with Gasteiger partial charge in [-0.15, -0.1) is 0 Å². The minimum Gasteiger partial charge on any atom is -0.375 e. The Morgan fingerprint density at radius 2 is 1.89 bits per heavy atom. The Morgan fingerprint density at radius 1 is 1.17 bits per heavy atom. The van der Waals surface area contributed by atoms with Crippen molar-refractivity contribution >= 4 is 28.9 Å². The van der Waals surface area contributed by atoms with E-state index in [0.717, 1.165) is 5.69 Å². The van der Waals surface area contributed by atoms with Crippen molar-refractivity contribution < 1.29 is 4.39 Å². The second kappa shape index (κ2) is 5.12. The highest BCUT2D eigenvalue weighted by molar-refractivity contribution is 6.33. The monoisotopic (exact) mass is 284 g/mol. The van der Waals surface area contributed by atoms with E-state index in [0.29, 0.717) is 21.3 Å². The van der Waals surface area contributed by atoms with Gasteiger partial charge in [0.05, 0.1) is 22.6 Å². The van der Waals surface area contributed by atoms with Crippen molar-refractivity contribution in [2.24, 2.45) is 0 Å². The molecule has 0 fully saturated rings. The van der Waals surface area contributed by atoms with E-state index in [1.165, 1.54) is 18.2 Å². The van der Waals surface area contributed by atoms with E-state index >= 15 is 0 Å². The Hall–Kier alpha value is -1.32.